The number of carbonyl (C=O) groups is 1. The molecule has 0 unspecified atom stereocenters. The van der Waals surface area contributed by atoms with Crippen LogP contribution in [0.15, 0.2) is 60.7 Å². The molecule has 4 heteroatoms. The third-order valence-electron chi connectivity index (χ3n) is 4.96. The Kier molecular flexibility index (Phi) is 6.81. The van der Waals surface area contributed by atoms with Crippen molar-refractivity contribution in [3.8, 4) is 0 Å². The highest BCUT2D eigenvalue weighted by molar-refractivity contribution is 5.68. The van der Waals surface area contributed by atoms with Crippen molar-refractivity contribution in [3.63, 3.8) is 0 Å². The van der Waals surface area contributed by atoms with E-state index in [4.69, 9.17) is 4.74 Å². The molecule has 0 atom stereocenters. The van der Waals surface area contributed by atoms with Crippen molar-refractivity contribution < 1.29 is 9.53 Å². The highest BCUT2D eigenvalue weighted by atomic mass is 16.5. The standard InChI is InChI=1S/C22H28N2O2/c1-2-21(25)26-18-17-23-13-15-24(16-14-23)22(19-9-5-3-6-10-19)20-11-7-4-8-12-20/h3-12,22H,2,13-18H2,1H3. The van der Waals surface area contributed by atoms with Crippen LogP contribution >= 0.6 is 0 Å². The smallest absolute Gasteiger partial charge is 0.305 e. The Labute approximate surface area is 156 Å². The molecule has 0 aromatic heterocycles. The third-order valence-corrected chi connectivity index (χ3v) is 4.96. The largest absolute Gasteiger partial charge is 0.464 e. The molecule has 138 valence electrons. The van der Waals surface area contributed by atoms with E-state index >= 15 is 0 Å². The molecule has 26 heavy (non-hydrogen) atoms. The number of benzene rings is 2. The molecule has 1 aliphatic heterocycles. The predicted molar refractivity (Wildman–Crippen MR) is 104 cm³/mol. The van der Waals surface area contributed by atoms with Gasteiger partial charge in [-0.2, -0.15) is 0 Å². The van der Waals surface area contributed by atoms with Gasteiger partial charge in [0.25, 0.3) is 0 Å². The zero-order valence-electron chi connectivity index (χ0n) is 15.5. The molecule has 3 rings (SSSR count). The van der Waals surface area contributed by atoms with E-state index in [1.54, 1.807) is 0 Å². The van der Waals surface area contributed by atoms with Crippen molar-refractivity contribution in [3.05, 3.63) is 71.8 Å². The summed E-state index contributed by atoms with van der Waals surface area (Å²) in [6.07, 6.45) is 0.448. The summed E-state index contributed by atoms with van der Waals surface area (Å²) >= 11 is 0. The first-order chi connectivity index (χ1) is 12.8. The zero-order chi connectivity index (χ0) is 18.2. The Bertz CT molecular complexity index is 628. The molecule has 4 nitrogen and oxygen atoms in total. The second-order valence-corrected chi connectivity index (χ2v) is 6.68. The van der Waals surface area contributed by atoms with Crippen LogP contribution in [-0.2, 0) is 9.53 Å². The van der Waals surface area contributed by atoms with Crippen LogP contribution in [0.3, 0.4) is 0 Å². The monoisotopic (exact) mass is 352 g/mol. The van der Waals surface area contributed by atoms with Crippen molar-refractivity contribution >= 4 is 5.97 Å². The van der Waals surface area contributed by atoms with E-state index in [1.807, 2.05) is 6.92 Å². The van der Waals surface area contributed by atoms with Gasteiger partial charge >= 0.3 is 5.97 Å². The van der Waals surface area contributed by atoms with Gasteiger partial charge in [-0.15, -0.1) is 0 Å². The number of hydrogen-bond donors (Lipinski definition) is 0. The van der Waals surface area contributed by atoms with E-state index in [9.17, 15) is 4.79 Å². The summed E-state index contributed by atoms with van der Waals surface area (Å²) in [5, 5.41) is 0. The van der Waals surface area contributed by atoms with Gasteiger partial charge in [-0.05, 0) is 11.1 Å². The van der Waals surface area contributed by atoms with E-state index in [0.29, 0.717) is 13.0 Å². The summed E-state index contributed by atoms with van der Waals surface area (Å²) in [4.78, 5) is 16.2. The van der Waals surface area contributed by atoms with Gasteiger partial charge < -0.3 is 4.74 Å². The summed E-state index contributed by atoms with van der Waals surface area (Å²) < 4.78 is 5.21. The van der Waals surface area contributed by atoms with Crippen molar-refractivity contribution in [2.45, 2.75) is 19.4 Å². The Morgan fingerprint density at radius 3 is 1.96 bits per heavy atom. The molecule has 2 aromatic rings. The summed E-state index contributed by atoms with van der Waals surface area (Å²) in [6, 6.07) is 21.8. The van der Waals surface area contributed by atoms with Crippen LogP contribution in [0.1, 0.15) is 30.5 Å². The van der Waals surface area contributed by atoms with E-state index in [1.165, 1.54) is 11.1 Å². The lowest BCUT2D eigenvalue weighted by Crippen LogP contribution is -2.48. The molecule has 1 heterocycles. The molecule has 1 saturated heterocycles. The molecule has 0 saturated carbocycles. The summed E-state index contributed by atoms with van der Waals surface area (Å²) in [5.74, 6) is -0.114. The summed E-state index contributed by atoms with van der Waals surface area (Å²) in [5.41, 5.74) is 2.67. The van der Waals surface area contributed by atoms with Gasteiger partial charge in [0, 0.05) is 39.1 Å². The average Bonchev–Trinajstić information content (AvgIpc) is 2.71. The summed E-state index contributed by atoms with van der Waals surface area (Å²) in [6.45, 7) is 7.16. The molecule has 0 spiro atoms. The molecule has 2 aromatic carbocycles. The number of esters is 1. The minimum Gasteiger partial charge on any atom is -0.464 e. The molecule has 1 fully saturated rings. The Morgan fingerprint density at radius 2 is 1.46 bits per heavy atom. The van der Waals surface area contributed by atoms with Gasteiger partial charge in [0.2, 0.25) is 0 Å². The molecule has 0 radical (unpaired) electrons. The maximum atomic E-state index is 11.3. The minimum atomic E-state index is -0.114. The van der Waals surface area contributed by atoms with Crippen molar-refractivity contribution in [2.24, 2.45) is 0 Å². The number of piperazine rings is 1. The molecule has 1 aliphatic rings. The lowest BCUT2D eigenvalue weighted by atomic mass is 9.96. The lowest BCUT2D eigenvalue weighted by molar-refractivity contribution is -0.143. The van der Waals surface area contributed by atoms with E-state index in [-0.39, 0.29) is 12.0 Å². The van der Waals surface area contributed by atoms with Gasteiger partial charge in [-0.3, -0.25) is 14.6 Å². The molecule has 0 aliphatic carbocycles. The number of hydrogen-bond acceptors (Lipinski definition) is 4. The van der Waals surface area contributed by atoms with E-state index in [0.717, 1.165) is 32.7 Å². The average molecular weight is 352 g/mol. The first-order valence-electron chi connectivity index (χ1n) is 9.50. The van der Waals surface area contributed by atoms with Crippen molar-refractivity contribution in [1.29, 1.82) is 0 Å². The van der Waals surface area contributed by atoms with Crippen LogP contribution in [0.2, 0.25) is 0 Å². The zero-order valence-corrected chi connectivity index (χ0v) is 15.5. The highest BCUT2D eigenvalue weighted by Gasteiger charge is 2.26. The quantitative estimate of drug-likeness (QED) is 0.716. The van der Waals surface area contributed by atoms with Gasteiger partial charge in [0.1, 0.15) is 6.61 Å². The van der Waals surface area contributed by atoms with Crippen LogP contribution in [0, 0.1) is 0 Å². The van der Waals surface area contributed by atoms with Gasteiger partial charge in [0.05, 0.1) is 6.04 Å². The first-order valence-corrected chi connectivity index (χ1v) is 9.50. The normalized spacial score (nSPS) is 15.9. The third kappa shape index (κ3) is 4.93. The van der Waals surface area contributed by atoms with Crippen LogP contribution in [0.4, 0.5) is 0 Å². The second kappa shape index (κ2) is 9.51. The Balaban J connectivity index is 1.62. The SMILES string of the molecule is CCC(=O)OCCN1CCN(C(c2ccccc2)c2ccccc2)CC1. The number of rotatable bonds is 7. The molecular weight excluding hydrogens is 324 g/mol. The Morgan fingerprint density at radius 1 is 0.923 bits per heavy atom. The van der Waals surface area contributed by atoms with Crippen LogP contribution in [0.25, 0.3) is 0 Å². The maximum Gasteiger partial charge on any atom is 0.305 e. The van der Waals surface area contributed by atoms with Gasteiger partial charge in [-0.1, -0.05) is 67.6 Å². The van der Waals surface area contributed by atoms with Gasteiger partial charge in [-0.25, -0.2) is 0 Å². The predicted octanol–water partition coefficient (Wildman–Crippen LogP) is 3.35. The minimum absolute atomic E-state index is 0.114. The second-order valence-electron chi connectivity index (χ2n) is 6.68. The summed E-state index contributed by atoms with van der Waals surface area (Å²) in [7, 11) is 0. The topological polar surface area (TPSA) is 32.8 Å². The number of ether oxygens (including phenoxy) is 1. The first kappa shape index (κ1) is 18.6. The van der Waals surface area contributed by atoms with Crippen LogP contribution < -0.4 is 0 Å². The number of nitrogens with zero attached hydrogens (tertiary/aromatic N) is 2. The molecule has 0 bridgehead atoms. The molecular formula is C22H28N2O2. The van der Waals surface area contributed by atoms with Crippen molar-refractivity contribution in [1.82, 2.24) is 9.80 Å². The van der Waals surface area contributed by atoms with E-state index in [2.05, 4.69) is 70.5 Å². The van der Waals surface area contributed by atoms with Gasteiger partial charge in [0.15, 0.2) is 0 Å². The fourth-order valence-corrected chi connectivity index (χ4v) is 3.52. The fourth-order valence-electron chi connectivity index (χ4n) is 3.52. The van der Waals surface area contributed by atoms with Crippen molar-refractivity contribution in [2.75, 3.05) is 39.3 Å². The maximum absolute atomic E-state index is 11.3. The highest BCUT2D eigenvalue weighted by Crippen LogP contribution is 2.29. The Hall–Kier alpha value is -2.17. The molecule has 0 N–H and O–H groups in total. The van der Waals surface area contributed by atoms with Crippen LogP contribution in [-0.4, -0.2) is 55.1 Å². The van der Waals surface area contributed by atoms with Crippen LogP contribution in [0.5, 0.6) is 0 Å². The molecule has 0 amide bonds. The fraction of sp³-hybridized carbons (Fsp3) is 0.409. The van der Waals surface area contributed by atoms with E-state index < -0.39 is 0 Å². The number of carbonyl (C=O) groups excluding carboxylic acids is 1. The lowest BCUT2D eigenvalue weighted by Gasteiger charge is -2.39.